The summed E-state index contributed by atoms with van der Waals surface area (Å²) in [6, 6.07) is 3.94. The summed E-state index contributed by atoms with van der Waals surface area (Å²) in [5.41, 5.74) is 7.48. The summed E-state index contributed by atoms with van der Waals surface area (Å²) in [6.07, 6.45) is 0. The molecule has 0 unspecified atom stereocenters. The third-order valence-corrected chi connectivity index (χ3v) is 4.04. The predicted molar refractivity (Wildman–Crippen MR) is 93.1 cm³/mol. The van der Waals surface area contributed by atoms with E-state index in [-0.39, 0.29) is 0 Å². The summed E-state index contributed by atoms with van der Waals surface area (Å²) in [4.78, 5) is 48.3. The third kappa shape index (κ3) is 5.05. The van der Waals surface area contributed by atoms with E-state index in [2.05, 4.69) is 14.8 Å². The van der Waals surface area contributed by atoms with E-state index in [4.69, 9.17) is 5.73 Å². The van der Waals surface area contributed by atoms with E-state index < -0.39 is 41.6 Å². The largest absolute Gasteiger partial charge is 0.468 e. The molecule has 0 spiro atoms. The monoisotopic (exact) mass is 364 g/mol. The number of ether oxygens (including phenoxy) is 2. The molecule has 0 bridgehead atoms. The summed E-state index contributed by atoms with van der Waals surface area (Å²) in [5.74, 6) is -5.55. The maximum Gasteiger partial charge on any atom is 0.320 e. The first-order valence-corrected chi connectivity index (χ1v) is 7.96. The Hall–Kier alpha value is -2.90. The van der Waals surface area contributed by atoms with Crippen molar-refractivity contribution < 1.29 is 28.7 Å². The first-order valence-electron chi connectivity index (χ1n) is 7.96. The Morgan fingerprint density at radius 2 is 1.42 bits per heavy atom. The SMILES string of the molecule is COC(=O)C(C(=O)OC)[C@@H](C)[C@@H](NC(=O)c1cc(C)cc(C)c1)C(N)=O. The van der Waals surface area contributed by atoms with Crippen LogP contribution in [0.2, 0.25) is 0 Å². The van der Waals surface area contributed by atoms with Crippen LogP contribution in [0.25, 0.3) is 0 Å². The zero-order chi connectivity index (χ0) is 20.0. The van der Waals surface area contributed by atoms with E-state index in [0.29, 0.717) is 5.56 Å². The second-order valence-corrected chi connectivity index (χ2v) is 6.11. The van der Waals surface area contributed by atoms with Gasteiger partial charge in [0.25, 0.3) is 5.91 Å². The van der Waals surface area contributed by atoms with Crippen molar-refractivity contribution in [2.75, 3.05) is 14.2 Å². The fraction of sp³-hybridized carbons (Fsp3) is 0.444. The van der Waals surface area contributed by atoms with Crippen molar-refractivity contribution in [3.63, 3.8) is 0 Å². The highest BCUT2D eigenvalue weighted by Gasteiger charge is 2.41. The number of benzene rings is 1. The van der Waals surface area contributed by atoms with E-state index in [1.807, 2.05) is 19.9 Å². The zero-order valence-electron chi connectivity index (χ0n) is 15.5. The van der Waals surface area contributed by atoms with Crippen LogP contribution in [0.4, 0.5) is 0 Å². The van der Waals surface area contributed by atoms with Crippen molar-refractivity contribution in [2.45, 2.75) is 26.8 Å². The molecule has 0 aromatic heterocycles. The number of rotatable bonds is 7. The molecule has 2 atom stereocenters. The molecule has 3 N–H and O–H groups in total. The minimum absolute atomic E-state index is 0.341. The van der Waals surface area contributed by atoms with Crippen LogP contribution in [0, 0.1) is 25.7 Å². The molecule has 1 rings (SSSR count). The average Bonchev–Trinajstić information content (AvgIpc) is 2.57. The molecule has 0 radical (unpaired) electrons. The Bertz CT molecular complexity index is 679. The van der Waals surface area contributed by atoms with Crippen LogP contribution >= 0.6 is 0 Å². The minimum atomic E-state index is -1.40. The maximum atomic E-state index is 12.5. The molecule has 8 heteroatoms. The standard InChI is InChI=1S/C18H24N2O6/c1-9-6-10(2)8-12(7-9)16(22)20-14(15(19)21)11(3)13(17(23)25-4)18(24)26-5/h6-8,11,13-14H,1-5H3,(H2,19,21)(H,20,22)/t11-,14-/m1/s1. The van der Waals surface area contributed by atoms with Gasteiger partial charge in [-0.1, -0.05) is 24.1 Å². The topological polar surface area (TPSA) is 125 Å². The van der Waals surface area contributed by atoms with Gasteiger partial charge in [-0.2, -0.15) is 0 Å². The number of aryl methyl sites for hydroxylation is 2. The van der Waals surface area contributed by atoms with Gasteiger partial charge >= 0.3 is 11.9 Å². The lowest BCUT2D eigenvalue weighted by molar-refractivity contribution is -0.161. The van der Waals surface area contributed by atoms with Gasteiger partial charge < -0.3 is 20.5 Å². The molecule has 0 saturated carbocycles. The van der Waals surface area contributed by atoms with Crippen LogP contribution in [-0.4, -0.2) is 44.0 Å². The molecule has 8 nitrogen and oxygen atoms in total. The lowest BCUT2D eigenvalue weighted by atomic mass is 9.86. The fourth-order valence-corrected chi connectivity index (χ4v) is 2.76. The van der Waals surface area contributed by atoms with Crippen molar-refractivity contribution in [3.8, 4) is 0 Å². The second kappa shape index (κ2) is 8.98. The predicted octanol–water partition coefficient (Wildman–Crippen LogP) is 0.485. The molecule has 0 aliphatic carbocycles. The van der Waals surface area contributed by atoms with Crippen LogP contribution in [0.5, 0.6) is 0 Å². The molecule has 142 valence electrons. The average molecular weight is 364 g/mol. The van der Waals surface area contributed by atoms with Crippen molar-refractivity contribution >= 4 is 23.8 Å². The highest BCUT2D eigenvalue weighted by Crippen LogP contribution is 2.20. The molecule has 0 heterocycles. The normalized spacial score (nSPS) is 12.8. The summed E-state index contributed by atoms with van der Waals surface area (Å²) in [6.45, 7) is 5.11. The van der Waals surface area contributed by atoms with Crippen molar-refractivity contribution in [1.29, 1.82) is 0 Å². The maximum absolute atomic E-state index is 12.5. The van der Waals surface area contributed by atoms with E-state index in [0.717, 1.165) is 25.3 Å². The Balaban J connectivity index is 3.13. The molecular weight excluding hydrogens is 340 g/mol. The van der Waals surface area contributed by atoms with Gasteiger partial charge in [0.05, 0.1) is 14.2 Å². The van der Waals surface area contributed by atoms with Gasteiger partial charge in [0.1, 0.15) is 6.04 Å². The van der Waals surface area contributed by atoms with E-state index >= 15 is 0 Å². The zero-order valence-corrected chi connectivity index (χ0v) is 15.5. The summed E-state index contributed by atoms with van der Waals surface area (Å²) < 4.78 is 9.21. The molecule has 0 aliphatic rings. The quantitative estimate of drug-likeness (QED) is 0.536. The number of nitrogens with two attached hydrogens (primary N) is 1. The Kier molecular flexibility index (Phi) is 7.30. The van der Waals surface area contributed by atoms with Crippen LogP contribution < -0.4 is 11.1 Å². The van der Waals surface area contributed by atoms with Gasteiger partial charge in [-0.25, -0.2) is 0 Å². The smallest absolute Gasteiger partial charge is 0.320 e. The van der Waals surface area contributed by atoms with Gasteiger partial charge in [0.15, 0.2) is 5.92 Å². The number of nitrogens with one attached hydrogen (secondary N) is 1. The summed E-state index contributed by atoms with van der Waals surface area (Å²) in [5, 5.41) is 2.50. The van der Waals surface area contributed by atoms with E-state index in [1.165, 1.54) is 6.92 Å². The number of carbonyl (C=O) groups excluding carboxylic acids is 4. The number of amides is 2. The van der Waals surface area contributed by atoms with Gasteiger partial charge in [0, 0.05) is 11.5 Å². The van der Waals surface area contributed by atoms with Crippen LogP contribution in [-0.2, 0) is 23.9 Å². The van der Waals surface area contributed by atoms with Crippen LogP contribution in [0.15, 0.2) is 18.2 Å². The third-order valence-electron chi connectivity index (χ3n) is 4.04. The lowest BCUT2D eigenvalue weighted by Gasteiger charge is -2.26. The van der Waals surface area contributed by atoms with Gasteiger partial charge in [-0.05, 0) is 26.0 Å². The number of esters is 2. The van der Waals surface area contributed by atoms with Crippen molar-refractivity contribution in [2.24, 2.45) is 17.6 Å². The van der Waals surface area contributed by atoms with Crippen molar-refractivity contribution in [3.05, 3.63) is 34.9 Å². The van der Waals surface area contributed by atoms with E-state index in [1.54, 1.807) is 12.1 Å². The molecule has 1 aromatic rings. The number of primary amides is 1. The molecule has 2 amide bonds. The molecule has 0 aliphatic heterocycles. The number of carbonyl (C=O) groups is 4. The fourth-order valence-electron chi connectivity index (χ4n) is 2.76. The first kappa shape index (κ1) is 21.1. The summed E-state index contributed by atoms with van der Waals surface area (Å²) in [7, 11) is 2.22. The molecule has 1 aromatic carbocycles. The Morgan fingerprint density at radius 3 is 1.81 bits per heavy atom. The molecule has 0 fully saturated rings. The number of hydrogen-bond donors (Lipinski definition) is 2. The molecule has 26 heavy (non-hydrogen) atoms. The Labute approximate surface area is 152 Å². The lowest BCUT2D eigenvalue weighted by Crippen LogP contribution is -2.52. The van der Waals surface area contributed by atoms with Crippen molar-refractivity contribution in [1.82, 2.24) is 5.32 Å². The van der Waals surface area contributed by atoms with Gasteiger partial charge in [0.2, 0.25) is 5.91 Å². The molecular formula is C18H24N2O6. The highest BCUT2D eigenvalue weighted by atomic mass is 16.5. The van der Waals surface area contributed by atoms with Gasteiger partial charge in [-0.15, -0.1) is 0 Å². The first-order chi connectivity index (χ1) is 12.1. The Morgan fingerprint density at radius 1 is 0.962 bits per heavy atom. The summed E-state index contributed by atoms with van der Waals surface area (Å²) >= 11 is 0. The van der Waals surface area contributed by atoms with Gasteiger partial charge in [-0.3, -0.25) is 19.2 Å². The van der Waals surface area contributed by atoms with E-state index in [9.17, 15) is 19.2 Å². The highest BCUT2D eigenvalue weighted by molar-refractivity contribution is 5.99. The van der Waals surface area contributed by atoms with Crippen LogP contribution in [0.3, 0.4) is 0 Å². The molecule has 0 saturated heterocycles. The number of methoxy groups -OCH3 is 2. The second-order valence-electron chi connectivity index (χ2n) is 6.11. The number of hydrogen-bond acceptors (Lipinski definition) is 6. The van der Waals surface area contributed by atoms with Crippen LogP contribution in [0.1, 0.15) is 28.4 Å². The minimum Gasteiger partial charge on any atom is -0.468 e.